The Labute approximate surface area is 282 Å². The second-order valence-corrected chi connectivity index (χ2v) is 9.46. The van der Waals surface area contributed by atoms with Crippen molar-refractivity contribution in [2.75, 3.05) is 16.0 Å². The molecule has 1 radical (unpaired) electrons. The fourth-order valence-corrected chi connectivity index (χ4v) is 4.26. The number of aromatic amines is 2. The van der Waals surface area contributed by atoms with Crippen LogP contribution in [-0.2, 0) is 0 Å². The number of aromatic nitrogens is 8. The second kappa shape index (κ2) is 13.6. The first kappa shape index (κ1) is 29.9. The largest absolute Gasteiger partial charge is 0.699 e. The van der Waals surface area contributed by atoms with Crippen LogP contribution in [0.15, 0.2) is 91.4 Å². The molecule has 12 nitrogen and oxygen atoms in total. The minimum atomic E-state index is 0. The van der Waals surface area contributed by atoms with Crippen molar-refractivity contribution >= 4 is 62.4 Å². The van der Waals surface area contributed by atoms with Crippen molar-refractivity contribution < 1.29 is 44.1 Å². The fourth-order valence-electron chi connectivity index (χ4n) is 4.26. The molecule has 0 bridgehead atoms. The zero-order chi connectivity index (χ0) is 28.9. The smallest absolute Gasteiger partial charge is 0.229 e. The topological polar surface area (TPSA) is 169 Å². The number of para-hydroxylation sites is 2. The number of H-pyrrole nitrogens is 2. The van der Waals surface area contributed by atoms with Gasteiger partial charge in [-0.25, -0.2) is 15.0 Å². The van der Waals surface area contributed by atoms with E-state index in [0.717, 1.165) is 50.4 Å². The SMILES string of the molecule is Cc1cc(Nc2nc(Nc3ccc([NH-])c(C)c3)nc3ccccc23)n[nH]1.[Ac].c1ccc2c(Nc3ccn[nH]3)ncnc2c1. The van der Waals surface area contributed by atoms with E-state index in [4.69, 9.17) is 5.73 Å². The molecule has 4 heterocycles. The molecule has 0 fully saturated rings. The van der Waals surface area contributed by atoms with E-state index in [2.05, 4.69) is 56.3 Å². The molecule has 0 saturated carbocycles. The van der Waals surface area contributed by atoms with Crippen molar-refractivity contribution in [1.82, 2.24) is 40.3 Å². The minimum absolute atomic E-state index is 0. The average Bonchev–Trinajstić information content (AvgIpc) is 3.67. The van der Waals surface area contributed by atoms with Gasteiger partial charge in [0.2, 0.25) is 5.95 Å². The predicted octanol–water partition coefficient (Wildman–Crippen LogP) is 7.24. The molecule has 0 atom stereocenters. The Morgan fingerprint density at radius 2 is 1.49 bits per heavy atom. The number of aryl methyl sites for hydroxylation is 2. The van der Waals surface area contributed by atoms with Crippen LogP contribution in [-0.4, -0.2) is 40.3 Å². The van der Waals surface area contributed by atoms with Crippen LogP contribution in [0.1, 0.15) is 11.3 Å². The first-order valence-corrected chi connectivity index (χ1v) is 13.1. The molecule has 211 valence electrons. The third kappa shape index (κ3) is 7.25. The third-order valence-corrected chi connectivity index (χ3v) is 6.33. The summed E-state index contributed by atoms with van der Waals surface area (Å²) in [5.74, 6) is 3.44. The van der Waals surface area contributed by atoms with E-state index in [9.17, 15) is 0 Å². The summed E-state index contributed by atoms with van der Waals surface area (Å²) >= 11 is 0. The summed E-state index contributed by atoms with van der Waals surface area (Å²) in [6.45, 7) is 3.85. The molecule has 0 aliphatic heterocycles. The van der Waals surface area contributed by atoms with Crippen molar-refractivity contribution in [3.8, 4) is 0 Å². The van der Waals surface area contributed by atoms with E-state index in [1.807, 2.05) is 86.6 Å². The maximum Gasteiger partial charge on any atom is 0.229 e. The molecule has 3 aromatic carbocycles. The van der Waals surface area contributed by atoms with Crippen molar-refractivity contribution in [3.05, 3.63) is 108 Å². The molecule has 0 amide bonds. The Bertz CT molecular complexity index is 1960. The summed E-state index contributed by atoms with van der Waals surface area (Å²) in [5, 5.41) is 25.4. The second-order valence-electron chi connectivity index (χ2n) is 9.46. The molecule has 7 aromatic rings. The van der Waals surface area contributed by atoms with Crippen LogP contribution in [0.4, 0.5) is 40.6 Å². The van der Waals surface area contributed by atoms with E-state index in [1.54, 1.807) is 18.6 Å². The summed E-state index contributed by atoms with van der Waals surface area (Å²) in [7, 11) is 0. The molecule has 0 spiro atoms. The summed E-state index contributed by atoms with van der Waals surface area (Å²) < 4.78 is 0. The minimum Gasteiger partial charge on any atom is -0.699 e. The number of fused-ring (bicyclic) bond motifs is 2. The van der Waals surface area contributed by atoms with Gasteiger partial charge in [-0.3, -0.25) is 10.2 Å². The zero-order valence-corrected chi connectivity index (χ0v) is 28.2. The number of hydrogen-bond acceptors (Lipinski definition) is 9. The van der Waals surface area contributed by atoms with Crippen LogP contribution in [0.5, 0.6) is 0 Å². The molecular formula is C30H27AcN12-. The molecule has 0 saturated heterocycles. The summed E-state index contributed by atoms with van der Waals surface area (Å²) in [6, 6.07) is 24.9. The number of nitrogens with one attached hydrogen (secondary N) is 6. The average molecular weight is 783 g/mol. The van der Waals surface area contributed by atoms with Gasteiger partial charge in [0, 0.05) is 78.3 Å². The summed E-state index contributed by atoms with van der Waals surface area (Å²) in [6.07, 6.45) is 3.23. The van der Waals surface area contributed by atoms with Gasteiger partial charge in [-0.1, -0.05) is 35.9 Å². The molecule has 4 aromatic heterocycles. The Hall–Kier alpha value is -4.60. The first-order valence-electron chi connectivity index (χ1n) is 13.1. The van der Waals surface area contributed by atoms with E-state index in [1.165, 1.54) is 0 Å². The monoisotopic (exact) mass is 782 g/mol. The van der Waals surface area contributed by atoms with Crippen LogP contribution >= 0.6 is 0 Å². The Balaban J connectivity index is 0.000000186. The third-order valence-electron chi connectivity index (χ3n) is 6.33. The van der Waals surface area contributed by atoms with Gasteiger partial charge >= 0.3 is 0 Å². The standard InChI is InChI=1S/C19H18N7.C11H9N5.Ac/c1-11-9-13(7-8-15(11)20)21-19-22-16-6-4-3-5-14(16)18(24-19)23-17-10-12(2)25-26-17;1-2-4-9-8(3-1)11(13-7-12-9)15-10-5-6-14-16-10;/h3-10,20H,1-2H3,(H3,21,22,23,24,25,26);1-7H,(H2,12,13,14,15,16);/q-1;;. The zero-order valence-electron chi connectivity index (χ0n) is 23.4. The van der Waals surface area contributed by atoms with Crippen LogP contribution in [0, 0.1) is 57.9 Å². The molecular weight excluding hydrogens is 755 g/mol. The molecule has 13 heteroatoms. The van der Waals surface area contributed by atoms with E-state index < -0.39 is 0 Å². The number of rotatable bonds is 6. The fraction of sp³-hybridized carbons (Fsp3) is 0.0667. The molecule has 0 unspecified atom stereocenters. The summed E-state index contributed by atoms with van der Waals surface area (Å²) in [4.78, 5) is 17.6. The van der Waals surface area contributed by atoms with Crippen LogP contribution < -0.4 is 16.0 Å². The number of nitrogens with zero attached hydrogens (tertiary/aromatic N) is 6. The van der Waals surface area contributed by atoms with Gasteiger partial charge < -0.3 is 21.7 Å². The van der Waals surface area contributed by atoms with Crippen molar-refractivity contribution in [2.24, 2.45) is 0 Å². The van der Waals surface area contributed by atoms with Crippen molar-refractivity contribution in [3.63, 3.8) is 0 Å². The Morgan fingerprint density at radius 3 is 2.21 bits per heavy atom. The molecule has 6 N–H and O–H groups in total. The van der Waals surface area contributed by atoms with Gasteiger partial charge in [-0.05, 0) is 50.2 Å². The van der Waals surface area contributed by atoms with E-state index >= 15 is 0 Å². The molecule has 7 rings (SSSR count). The summed E-state index contributed by atoms with van der Waals surface area (Å²) in [5.41, 5.74) is 12.7. The van der Waals surface area contributed by atoms with Crippen LogP contribution in [0.2, 0.25) is 0 Å². The number of benzene rings is 3. The maximum atomic E-state index is 7.79. The van der Waals surface area contributed by atoms with Gasteiger partial charge in [0.1, 0.15) is 23.8 Å². The molecule has 0 aliphatic carbocycles. The first-order chi connectivity index (χ1) is 20.5. The van der Waals surface area contributed by atoms with Crippen molar-refractivity contribution in [2.45, 2.75) is 13.8 Å². The van der Waals surface area contributed by atoms with Gasteiger partial charge in [0.05, 0.1) is 17.2 Å². The van der Waals surface area contributed by atoms with Crippen molar-refractivity contribution in [1.29, 1.82) is 0 Å². The Morgan fingerprint density at radius 1 is 0.721 bits per heavy atom. The maximum absolute atomic E-state index is 7.79. The number of hydrogen-bond donors (Lipinski definition) is 5. The quantitative estimate of drug-likeness (QED) is 0.117. The number of anilines is 6. The van der Waals surface area contributed by atoms with Crippen LogP contribution in [0.3, 0.4) is 0 Å². The van der Waals surface area contributed by atoms with Gasteiger partial charge in [0.15, 0.2) is 5.82 Å². The predicted molar refractivity (Wildman–Crippen MR) is 166 cm³/mol. The van der Waals surface area contributed by atoms with E-state index in [-0.39, 0.29) is 44.1 Å². The molecule has 0 aliphatic rings. The van der Waals surface area contributed by atoms with Gasteiger partial charge in [-0.2, -0.15) is 15.2 Å². The Kier molecular flexibility index (Phi) is 9.44. The van der Waals surface area contributed by atoms with Gasteiger partial charge in [-0.15, -0.1) is 5.69 Å². The van der Waals surface area contributed by atoms with Gasteiger partial charge in [0.25, 0.3) is 0 Å². The normalized spacial score (nSPS) is 10.5. The van der Waals surface area contributed by atoms with E-state index in [0.29, 0.717) is 23.3 Å². The molecule has 43 heavy (non-hydrogen) atoms. The van der Waals surface area contributed by atoms with Crippen LogP contribution in [0.25, 0.3) is 27.5 Å².